The van der Waals surface area contributed by atoms with Gasteiger partial charge in [0.1, 0.15) is 11.4 Å². The minimum Gasteiger partial charge on any atom is -0.352 e. The van der Waals surface area contributed by atoms with Crippen LogP contribution in [0.2, 0.25) is 5.02 Å². The Hall–Kier alpha value is -2.18. The standard InChI is InChI=1S/C21H22ClN3O2S/c1-13-4-2-3-5-17(13)24-18(26)10-25-12-23-20-19(21(25)27)16(11-28-20)14-6-8-15(22)9-7-14/h6-9,11-13,17H,2-5,10H2,1H3,(H,24,26)/t13-,17-/m0/s1. The third kappa shape index (κ3) is 3.84. The smallest absolute Gasteiger partial charge is 0.263 e. The number of nitrogens with zero attached hydrogens (tertiary/aromatic N) is 2. The second-order valence-corrected chi connectivity index (χ2v) is 8.74. The summed E-state index contributed by atoms with van der Waals surface area (Å²) in [5.74, 6) is 0.341. The van der Waals surface area contributed by atoms with Gasteiger partial charge in [-0.1, -0.05) is 43.5 Å². The fourth-order valence-electron chi connectivity index (χ4n) is 3.86. The molecule has 1 aliphatic carbocycles. The Morgan fingerprint density at radius 3 is 2.79 bits per heavy atom. The summed E-state index contributed by atoms with van der Waals surface area (Å²) in [6.07, 6.45) is 5.97. The number of rotatable bonds is 4. The zero-order chi connectivity index (χ0) is 19.7. The van der Waals surface area contributed by atoms with Gasteiger partial charge in [0.15, 0.2) is 0 Å². The molecule has 0 aliphatic heterocycles. The van der Waals surface area contributed by atoms with Gasteiger partial charge in [-0.05, 0) is 36.5 Å². The minimum atomic E-state index is -0.192. The highest BCUT2D eigenvalue weighted by Gasteiger charge is 2.23. The maximum Gasteiger partial charge on any atom is 0.263 e. The van der Waals surface area contributed by atoms with E-state index in [0.29, 0.717) is 21.2 Å². The van der Waals surface area contributed by atoms with Gasteiger partial charge in [0, 0.05) is 22.0 Å². The maximum absolute atomic E-state index is 13.1. The van der Waals surface area contributed by atoms with Gasteiger partial charge in [-0.15, -0.1) is 11.3 Å². The van der Waals surface area contributed by atoms with E-state index in [-0.39, 0.29) is 24.1 Å². The van der Waals surface area contributed by atoms with Gasteiger partial charge in [0.2, 0.25) is 5.91 Å². The lowest BCUT2D eigenvalue weighted by Gasteiger charge is -2.29. The predicted molar refractivity (Wildman–Crippen MR) is 114 cm³/mol. The highest BCUT2D eigenvalue weighted by Crippen LogP contribution is 2.31. The van der Waals surface area contributed by atoms with Crippen molar-refractivity contribution < 1.29 is 4.79 Å². The maximum atomic E-state index is 13.1. The van der Waals surface area contributed by atoms with Crippen molar-refractivity contribution in [2.75, 3.05) is 0 Å². The van der Waals surface area contributed by atoms with Crippen LogP contribution in [0.5, 0.6) is 0 Å². The van der Waals surface area contributed by atoms with E-state index in [4.69, 9.17) is 11.6 Å². The molecule has 1 aromatic carbocycles. The molecule has 1 saturated carbocycles. The number of aromatic nitrogens is 2. The van der Waals surface area contributed by atoms with Crippen LogP contribution in [0.3, 0.4) is 0 Å². The molecule has 146 valence electrons. The molecule has 2 aromatic heterocycles. The number of carbonyl (C=O) groups is 1. The third-order valence-corrected chi connectivity index (χ3v) is 6.63. The third-order valence-electron chi connectivity index (χ3n) is 5.49. The number of thiophene rings is 1. The van der Waals surface area contributed by atoms with Crippen molar-refractivity contribution in [1.29, 1.82) is 0 Å². The highest BCUT2D eigenvalue weighted by molar-refractivity contribution is 7.17. The van der Waals surface area contributed by atoms with Gasteiger partial charge in [-0.3, -0.25) is 14.2 Å². The van der Waals surface area contributed by atoms with E-state index in [0.717, 1.165) is 30.4 Å². The van der Waals surface area contributed by atoms with Gasteiger partial charge in [0.05, 0.1) is 11.7 Å². The van der Waals surface area contributed by atoms with Crippen molar-refractivity contribution in [3.05, 3.63) is 51.3 Å². The fourth-order valence-corrected chi connectivity index (χ4v) is 4.89. The summed E-state index contributed by atoms with van der Waals surface area (Å²) in [6, 6.07) is 7.57. The van der Waals surface area contributed by atoms with Crippen molar-refractivity contribution in [3.8, 4) is 11.1 Å². The summed E-state index contributed by atoms with van der Waals surface area (Å²) >= 11 is 7.40. The molecular formula is C21H22ClN3O2S. The molecule has 1 amide bonds. The van der Waals surface area contributed by atoms with Gasteiger partial charge < -0.3 is 5.32 Å². The van der Waals surface area contributed by atoms with E-state index in [2.05, 4.69) is 17.2 Å². The Morgan fingerprint density at radius 1 is 1.29 bits per heavy atom. The lowest BCUT2D eigenvalue weighted by atomic mass is 9.86. The summed E-state index contributed by atoms with van der Waals surface area (Å²) in [4.78, 5) is 30.7. The summed E-state index contributed by atoms with van der Waals surface area (Å²) in [5.41, 5.74) is 1.54. The summed E-state index contributed by atoms with van der Waals surface area (Å²) in [6.45, 7) is 2.16. The number of hydrogen-bond acceptors (Lipinski definition) is 4. The first kappa shape index (κ1) is 19.2. The molecule has 2 atom stereocenters. The first-order chi connectivity index (χ1) is 13.5. The van der Waals surface area contributed by atoms with E-state index >= 15 is 0 Å². The molecule has 0 saturated heterocycles. The largest absolute Gasteiger partial charge is 0.352 e. The molecule has 0 radical (unpaired) electrons. The molecule has 0 bridgehead atoms. The normalized spacial score (nSPS) is 19.6. The molecule has 5 nitrogen and oxygen atoms in total. The first-order valence-corrected chi connectivity index (χ1v) is 10.8. The van der Waals surface area contributed by atoms with Crippen LogP contribution in [0.25, 0.3) is 21.3 Å². The molecule has 0 spiro atoms. The first-order valence-electron chi connectivity index (χ1n) is 9.55. The molecule has 0 unspecified atom stereocenters. The SMILES string of the molecule is C[C@H]1CCCC[C@@H]1NC(=O)Cn1cnc2scc(-c3ccc(Cl)cc3)c2c1=O. The average Bonchev–Trinajstić information content (AvgIpc) is 3.11. The number of nitrogens with one attached hydrogen (secondary N) is 1. The van der Waals surface area contributed by atoms with Crippen LogP contribution in [-0.2, 0) is 11.3 Å². The van der Waals surface area contributed by atoms with E-state index in [1.165, 1.54) is 28.7 Å². The Kier molecular flexibility index (Phi) is 5.51. The predicted octanol–water partition coefficient (Wildman–Crippen LogP) is 4.47. The summed E-state index contributed by atoms with van der Waals surface area (Å²) in [5, 5.41) is 6.22. The second-order valence-electron chi connectivity index (χ2n) is 7.45. The lowest BCUT2D eigenvalue weighted by Crippen LogP contribution is -2.43. The molecule has 1 aliphatic rings. The molecule has 7 heteroatoms. The quantitative estimate of drug-likeness (QED) is 0.683. The second kappa shape index (κ2) is 8.05. The number of carbonyl (C=O) groups excluding carboxylic acids is 1. The fraction of sp³-hybridized carbons (Fsp3) is 0.381. The number of benzene rings is 1. The van der Waals surface area contributed by atoms with Crippen LogP contribution in [0.1, 0.15) is 32.6 Å². The van der Waals surface area contributed by atoms with E-state index in [1.54, 1.807) is 12.1 Å². The van der Waals surface area contributed by atoms with Gasteiger partial charge in [-0.2, -0.15) is 0 Å². The number of hydrogen-bond donors (Lipinski definition) is 1. The van der Waals surface area contributed by atoms with E-state index in [1.807, 2.05) is 17.5 Å². The highest BCUT2D eigenvalue weighted by atomic mass is 35.5. The van der Waals surface area contributed by atoms with E-state index in [9.17, 15) is 9.59 Å². The van der Waals surface area contributed by atoms with Crippen LogP contribution in [0.15, 0.2) is 40.8 Å². The van der Waals surface area contributed by atoms with Crippen molar-refractivity contribution in [1.82, 2.24) is 14.9 Å². The topological polar surface area (TPSA) is 64.0 Å². The monoisotopic (exact) mass is 415 g/mol. The Labute approximate surface area is 172 Å². The van der Waals surface area contributed by atoms with Gasteiger partial charge >= 0.3 is 0 Å². The molecule has 2 heterocycles. The zero-order valence-corrected chi connectivity index (χ0v) is 17.2. The molecule has 1 N–H and O–H groups in total. The van der Waals surface area contributed by atoms with Gasteiger partial charge in [-0.25, -0.2) is 4.98 Å². The number of amides is 1. The zero-order valence-electron chi connectivity index (χ0n) is 15.7. The molecule has 3 aromatic rings. The average molecular weight is 416 g/mol. The molecule has 1 fully saturated rings. The van der Waals surface area contributed by atoms with Crippen molar-refractivity contribution in [3.63, 3.8) is 0 Å². The molecule has 4 rings (SSSR count). The van der Waals surface area contributed by atoms with Crippen LogP contribution in [-0.4, -0.2) is 21.5 Å². The van der Waals surface area contributed by atoms with Crippen LogP contribution < -0.4 is 10.9 Å². The Morgan fingerprint density at radius 2 is 2.04 bits per heavy atom. The van der Waals surface area contributed by atoms with Crippen molar-refractivity contribution >= 4 is 39.1 Å². The van der Waals surface area contributed by atoms with Crippen LogP contribution >= 0.6 is 22.9 Å². The Balaban J connectivity index is 1.60. The van der Waals surface area contributed by atoms with E-state index < -0.39 is 0 Å². The minimum absolute atomic E-state index is 0.0130. The number of halogens is 1. The molecular weight excluding hydrogens is 394 g/mol. The van der Waals surface area contributed by atoms with Gasteiger partial charge in [0.25, 0.3) is 5.56 Å². The summed E-state index contributed by atoms with van der Waals surface area (Å²) < 4.78 is 1.40. The van der Waals surface area contributed by atoms with Crippen LogP contribution in [0.4, 0.5) is 0 Å². The van der Waals surface area contributed by atoms with Crippen molar-refractivity contribution in [2.45, 2.75) is 45.2 Å². The lowest BCUT2D eigenvalue weighted by molar-refractivity contribution is -0.123. The molecule has 28 heavy (non-hydrogen) atoms. The Bertz CT molecular complexity index is 1060. The number of fused-ring (bicyclic) bond motifs is 1. The van der Waals surface area contributed by atoms with Crippen LogP contribution in [0, 0.1) is 5.92 Å². The van der Waals surface area contributed by atoms with Crippen molar-refractivity contribution in [2.24, 2.45) is 5.92 Å². The summed E-state index contributed by atoms with van der Waals surface area (Å²) in [7, 11) is 0.